The van der Waals surface area contributed by atoms with E-state index in [4.69, 9.17) is 16.3 Å². The van der Waals surface area contributed by atoms with Gasteiger partial charge < -0.3 is 15.0 Å². The number of amides is 2. The molecule has 2 atom stereocenters. The number of thioether (sulfide) groups is 1. The van der Waals surface area contributed by atoms with Crippen LogP contribution in [0.4, 0.5) is 0 Å². The lowest BCUT2D eigenvalue weighted by atomic mass is 10.1. The molecule has 0 saturated carbocycles. The Hall–Kier alpha value is -1.24. The van der Waals surface area contributed by atoms with Crippen molar-refractivity contribution >= 4 is 35.2 Å². The van der Waals surface area contributed by atoms with Crippen LogP contribution in [0.5, 0.6) is 0 Å². The second kappa shape index (κ2) is 9.30. The Kier molecular flexibility index (Phi) is 7.40. The van der Waals surface area contributed by atoms with E-state index in [1.165, 1.54) is 7.11 Å². The lowest BCUT2D eigenvalue weighted by molar-refractivity contribution is -0.142. The zero-order valence-corrected chi connectivity index (χ0v) is 15.5. The van der Waals surface area contributed by atoms with Crippen molar-refractivity contribution in [3.05, 3.63) is 34.9 Å². The van der Waals surface area contributed by atoms with Gasteiger partial charge in [-0.3, -0.25) is 9.59 Å². The summed E-state index contributed by atoms with van der Waals surface area (Å²) in [6.45, 7) is 2.64. The Morgan fingerprint density at radius 2 is 2.17 bits per heavy atom. The molecule has 0 aliphatic carbocycles. The Morgan fingerprint density at radius 1 is 1.42 bits per heavy atom. The summed E-state index contributed by atoms with van der Waals surface area (Å²) in [4.78, 5) is 26.7. The van der Waals surface area contributed by atoms with E-state index in [-0.39, 0.29) is 23.8 Å². The van der Waals surface area contributed by atoms with Crippen LogP contribution < -0.4 is 5.32 Å². The highest BCUT2D eigenvalue weighted by Crippen LogP contribution is 2.43. The van der Waals surface area contributed by atoms with Crippen LogP contribution in [0.1, 0.15) is 30.7 Å². The number of hydrogen-bond donors (Lipinski definition) is 1. The molecule has 5 nitrogen and oxygen atoms in total. The van der Waals surface area contributed by atoms with Gasteiger partial charge >= 0.3 is 0 Å². The van der Waals surface area contributed by atoms with Crippen LogP contribution in [-0.4, -0.2) is 48.8 Å². The van der Waals surface area contributed by atoms with Gasteiger partial charge in [0.2, 0.25) is 11.8 Å². The average molecular weight is 371 g/mol. The molecule has 2 amide bonds. The molecule has 24 heavy (non-hydrogen) atoms. The van der Waals surface area contributed by atoms with Gasteiger partial charge in [-0.05, 0) is 12.5 Å². The molecular weight excluding hydrogens is 348 g/mol. The van der Waals surface area contributed by atoms with Crippen molar-refractivity contribution in [1.82, 2.24) is 10.2 Å². The number of methoxy groups -OCH3 is 1. The fourth-order valence-electron chi connectivity index (χ4n) is 2.63. The van der Waals surface area contributed by atoms with Crippen LogP contribution in [-0.2, 0) is 14.3 Å². The van der Waals surface area contributed by atoms with Gasteiger partial charge in [-0.1, -0.05) is 43.1 Å². The number of halogens is 1. The molecule has 1 aromatic carbocycles. The van der Waals surface area contributed by atoms with E-state index >= 15 is 0 Å². The van der Waals surface area contributed by atoms with Crippen LogP contribution in [0.3, 0.4) is 0 Å². The van der Waals surface area contributed by atoms with E-state index < -0.39 is 6.04 Å². The molecule has 1 aliphatic heterocycles. The second-order valence-corrected chi connectivity index (χ2v) is 7.12. The van der Waals surface area contributed by atoms with E-state index in [0.717, 1.165) is 18.4 Å². The molecule has 0 radical (unpaired) electrons. The minimum Gasteiger partial charge on any atom is -0.375 e. The first-order valence-electron chi connectivity index (χ1n) is 8.04. The lowest BCUT2D eigenvalue weighted by Crippen LogP contribution is -2.49. The molecule has 1 fully saturated rings. The lowest BCUT2D eigenvalue weighted by Gasteiger charge is -2.29. The highest BCUT2D eigenvalue weighted by atomic mass is 35.5. The third-order valence-electron chi connectivity index (χ3n) is 3.86. The number of ether oxygens (including phenoxy) is 1. The normalized spacial score (nSPS) is 20.2. The van der Waals surface area contributed by atoms with Gasteiger partial charge in [-0.2, -0.15) is 0 Å². The minimum absolute atomic E-state index is 0.0553. The fourth-order valence-corrected chi connectivity index (χ4v) is 4.42. The smallest absolute Gasteiger partial charge is 0.250 e. The van der Waals surface area contributed by atoms with Crippen molar-refractivity contribution in [2.45, 2.75) is 31.2 Å². The summed E-state index contributed by atoms with van der Waals surface area (Å²) in [5.41, 5.74) is 0.845. The number of nitrogens with one attached hydrogen (secondary N) is 1. The van der Waals surface area contributed by atoms with Crippen molar-refractivity contribution in [1.29, 1.82) is 0 Å². The van der Waals surface area contributed by atoms with E-state index in [0.29, 0.717) is 17.3 Å². The summed E-state index contributed by atoms with van der Waals surface area (Å²) in [6, 6.07) is 6.92. The number of carbonyl (C=O) groups excluding carboxylic acids is 2. The van der Waals surface area contributed by atoms with E-state index in [1.54, 1.807) is 22.7 Å². The quantitative estimate of drug-likeness (QED) is 0.750. The first kappa shape index (κ1) is 19.1. The number of hydrogen-bond acceptors (Lipinski definition) is 4. The Balaban J connectivity index is 2.21. The minimum atomic E-state index is -0.504. The summed E-state index contributed by atoms with van der Waals surface area (Å²) in [5.74, 6) is 0.224. The molecule has 132 valence electrons. The SMILES string of the molecule is CCCCNC(=O)[C@@H]1CS[C@H](c2ccccc2Cl)N1C(=O)COC. The van der Waals surface area contributed by atoms with Gasteiger partial charge in [0.05, 0.1) is 0 Å². The summed E-state index contributed by atoms with van der Waals surface area (Å²) >= 11 is 7.85. The molecule has 1 N–H and O–H groups in total. The highest BCUT2D eigenvalue weighted by Gasteiger charge is 2.42. The van der Waals surface area contributed by atoms with Gasteiger partial charge in [0.25, 0.3) is 0 Å². The van der Waals surface area contributed by atoms with Gasteiger partial charge in [0.1, 0.15) is 18.0 Å². The number of benzene rings is 1. The summed E-state index contributed by atoms with van der Waals surface area (Å²) in [7, 11) is 1.47. The molecule has 0 aromatic heterocycles. The van der Waals surface area contributed by atoms with Gasteiger partial charge in [-0.15, -0.1) is 11.8 Å². The largest absolute Gasteiger partial charge is 0.375 e. The maximum atomic E-state index is 12.5. The summed E-state index contributed by atoms with van der Waals surface area (Å²) < 4.78 is 4.99. The molecule has 0 unspecified atom stereocenters. The van der Waals surface area contributed by atoms with Crippen molar-refractivity contribution in [3.63, 3.8) is 0 Å². The zero-order chi connectivity index (χ0) is 17.5. The monoisotopic (exact) mass is 370 g/mol. The molecule has 0 spiro atoms. The standard InChI is InChI=1S/C17H23ClN2O3S/c1-3-4-9-19-16(22)14-11-24-17(20(14)15(21)10-23-2)12-7-5-6-8-13(12)18/h5-8,14,17H,3-4,9-11H2,1-2H3,(H,19,22)/t14-,17+/m0/s1. The van der Waals surface area contributed by atoms with E-state index in [9.17, 15) is 9.59 Å². The van der Waals surface area contributed by atoms with Gasteiger partial charge in [0, 0.05) is 30.0 Å². The molecule has 1 saturated heterocycles. The maximum Gasteiger partial charge on any atom is 0.250 e. The highest BCUT2D eigenvalue weighted by molar-refractivity contribution is 7.99. The zero-order valence-electron chi connectivity index (χ0n) is 14.0. The van der Waals surface area contributed by atoms with Gasteiger partial charge in [0.15, 0.2) is 0 Å². The number of unbranched alkanes of at least 4 members (excludes halogenated alkanes) is 1. The first-order chi connectivity index (χ1) is 11.6. The Bertz CT molecular complexity index is 585. The summed E-state index contributed by atoms with van der Waals surface area (Å²) in [6.07, 6.45) is 1.93. The third kappa shape index (κ3) is 4.43. The number of rotatable bonds is 7. The predicted molar refractivity (Wildman–Crippen MR) is 97.1 cm³/mol. The second-order valence-electron chi connectivity index (χ2n) is 5.60. The van der Waals surface area contributed by atoms with E-state index in [2.05, 4.69) is 12.2 Å². The molecular formula is C17H23ClN2O3S. The maximum absolute atomic E-state index is 12.5. The molecule has 1 heterocycles. The van der Waals surface area contributed by atoms with Crippen LogP contribution in [0, 0.1) is 0 Å². The van der Waals surface area contributed by atoms with E-state index in [1.807, 2.05) is 18.2 Å². The first-order valence-corrected chi connectivity index (χ1v) is 9.46. The average Bonchev–Trinajstić information content (AvgIpc) is 3.00. The molecule has 1 aromatic rings. The van der Waals surface area contributed by atoms with Crippen LogP contribution in [0.2, 0.25) is 5.02 Å². The van der Waals surface area contributed by atoms with Crippen LogP contribution in [0.15, 0.2) is 24.3 Å². The molecule has 1 aliphatic rings. The number of nitrogens with zero attached hydrogens (tertiary/aromatic N) is 1. The Labute approximate surface area is 152 Å². The van der Waals surface area contributed by atoms with Crippen molar-refractivity contribution in [3.8, 4) is 0 Å². The summed E-state index contributed by atoms with van der Waals surface area (Å²) in [5, 5.41) is 3.24. The molecule has 7 heteroatoms. The van der Waals surface area contributed by atoms with Gasteiger partial charge in [-0.25, -0.2) is 0 Å². The van der Waals surface area contributed by atoms with Crippen LogP contribution >= 0.6 is 23.4 Å². The van der Waals surface area contributed by atoms with Crippen LogP contribution in [0.25, 0.3) is 0 Å². The molecule has 0 bridgehead atoms. The fraction of sp³-hybridized carbons (Fsp3) is 0.529. The third-order valence-corrected chi connectivity index (χ3v) is 5.51. The topological polar surface area (TPSA) is 58.6 Å². The predicted octanol–water partition coefficient (Wildman–Crippen LogP) is 2.85. The Morgan fingerprint density at radius 3 is 2.83 bits per heavy atom. The molecule has 2 rings (SSSR count). The van der Waals surface area contributed by atoms with Crippen molar-refractivity contribution < 1.29 is 14.3 Å². The number of carbonyl (C=O) groups is 2. The van der Waals surface area contributed by atoms with Crippen molar-refractivity contribution in [2.24, 2.45) is 0 Å². The van der Waals surface area contributed by atoms with Crippen molar-refractivity contribution in [2.75, 3.05) is 26.0 Å².